The molecule has 0 spiro atoms. The Bertz CT molecular complexity index is 83.9. The van der Waals surface area contributed by atoms with Crippen molar-refractivity contribution in [2.75, 3.05) is 13.2 Å². The quantitative estimate of drug-likeness (QED) is 0.552. The SMILES string of the molecule is CC(CO)CCCCCCCO. The molecule has 0 saturated carbocycles. The Morgan fingerprint density at radius 2 is 1.50 bits per heavy atom. The van der Waals surface area contributed by atoms with E-state index in [2.05, 4.69) is 6.92 Å². The Morgan fingerprint density at radius 3 is 2.08 bits per heavy atom. The molecule has 0 aliphatic carbocycles. The number of rotatable bonds is 8. The van der Waals surface area contributed by atoms with Gasteiger partial charge in [0.25, 0.3) is 0 Å². The van der Waals surface area contributed by atoms with Crippen molar-refractivity contribution >= 4 is 0 Å². The van der Waals surface area contributed by atoms with E-state index in [0.29, 0.717) is 19.1 Å². The Hall–Kier alpha value is -0.0800. The summed E-state index contributed by atoms with van der Waals surface area (Å²) in [6.07, 6.45) is 6.89. The molecule has 0 heterocycles. The molecule has 0 aliphatic heterocycles. The maximum Gasteiger partial charge on any atom is 0.0456 e. The predicted molar refractivity (Wildman–Crippen MR) is 51.0 cm³/mol. The lowest BCUT2D eigenvalue weighted by molar-refractivity contribution is 0.227. The molecule has 0 aliphatic rings. The first-order chi connectivity index (χ1) is 5.81. The Kier molecular flexibility index (Phi) is 8.95. The first-order valence-corrected chi connectivity index (χ1v) is 5.03. The van der Waals surface area contributed by atoms with Crippen LogP contribution in [0.1, 0.15) is 45.4 Å². The average Bonchev–Trinajstić information content (AvgIpc) is 2.10. The summed E-state index contributed by atoms with van der Waals surface area (Å²) in [7, 11) is 0. The van der Waals surface area contributed by atoms with E-state index in [0.717, 1.165) is 19.3 Å². The van der Waals surface area contributed by atoms with Crippen molar-refractivity contribution in [3.8, 4) is 0 Å². The van der Waals surface area contributed by atoms with Gasteiger partial charge >= 0.3 is 0 Å². The fourth-order valence-corrected chi connectivity index (χ4v) is 1.23. The van der Waals surface area contributed by atoms with Crippen LogP contribution in [0.3, 0.4) is 0 Å². The van der Waals surface area contributed by atoms with Crippen LogP contribution in [0.4, 0.5) is 0 Å². The molecule has 0 rings (SSSR count). The third kappa shape index (κ3) is 8.02. The van der Waals surface area contributed by atoms with E-state index in [4.69, 9.17) is 10.2 Å². The van der Waals surface area contributed by atoms with Crippen LogP contribution in [0.2, 0.25) is 0 Å². The fraction of sp³-hybridized carbons (Fsp3) is 1.00. The molecule has 0 aromatic rings. The van der Waals surface area contributed by atoms with Crippen LogP contribution < -0.4 is 0 Å². The van der Waals surface area contributed by atoms with Gasteiger partial charge in [-0.05, 0) is 18.8 Å². The summed E-state index contributed by atoms with van der Waals surface area (Å²) in [5.74, 6) is 0.461. The van der Waals surface area contributed by atoms with Gasteiger partial charge in [-0.25, -0.2) is 0 Å². The predicted octanol–water partition coefficient (Wildman–Crippen LogP) is 1.95. The van der Waals surface area contributed by atoms with Crippen molar-refractivity contribution in [2.45, 2.75) is 45.4 Å². The number of hydrogen-bond donors (Lipinski definition) is 2. The zero-order valence-electron chi connectivity index (χ0n) is 8.13. The van der Waals surface area contributed by atoms with E-state index >= 15 is 0 Å². The molecule has 0 saturated heterocycles. The third-order valence-corrected chi connectivity index (χ3v) is 2.17. The lowest BCUT2D eigenvalue weighted by atomic mass is 10.0. The summed E-state index contributed by atoms with van der Waals surface area (Å²) >= 11 is 0. The van der Waals surface area contributed by atoms with Crippen molar-refractivity contribution in [1.29, 1.82) is 0 Å². The second-order valence-corrected chi connectivity index (χ2v) is 3.57. The van der Waals surface area contributed by atoms with Gasteiger partial charge in [0, 0.05) is 13.2 Å². The van der Waals surface area contributed by atoms with E-state index in [-0.39, 0.29) is 0 Å². The van der Waals surface area contributed by atoms with Crippen molar-refractivity contribution < 1.29 is 10.2 Å². The van der Waals surface area contributed by atoms with E-state index in [9.17, 15) is 0 Å². The van der Waals surface area contributed by atoms with Gasteiger partial charge in [0.05, 0.1) is 0 Å². The molecule has 1 atom stereocenters. The van der Waals surface area contributed by atoms with E-state index < -0.39 is 0 Å². The van der Waals surface area contributed by atoms with Crippen molar-refractivity contribution in [3.63, 3.8) is 0 Å². The minimum Gasteiger partial charge on any atom is -0.396 e. The van der Waals surface area contributed by atoms with Crippen LogP contribution >= 0.6 is 0 Å². The summed E-state index contributed by atoms with van der Waals surface area (Å²) in [5, 5.41) is 17.3. The minimum absolute atomic E-state index is 0.316. The molecule has 2 heteroatoms. The highest BCUT2D eigenvalue weighted by molar-refractivity contribution is 4.51. The highest BCUT2D eigenvalue weighted by Gasteiger charge is 1.98. The first-order valence-electron chi connectivity index (χ1n) is 5.03. The van der Waals surface area contributed by atoms with Crippen molar-refractivity contribution in [2.24, 2.45) is 5.92 Å². The number of unbranched alkanes of at least 4 members (excludes halogenated alkanes) is 4. The van der Waals surface area contributed by atoms with Crippen molar-refractivity contribution in [3.05, 3.63) is 0 Å². The molecule has 0 fully saturated rings. The standard InChI is InChI=1S/C10H22O2/c1-10(9-12)7-5-3-2-4-6-8-11/h10-12H,2-9H2,1H3. The van der Waals surface area contributed by atoms with Gasteiger partial charge < -0.3 is 10.2 Å². The van der Waals surface area contributed by atoms with Gasteiger partial charge in [-0.15, -0.1) is 0 Å². The molecule has 74 valence electrons. The molecule has 0 bridgehead atoms. The molecule has 0 radical (unpaired) electrons. The summed E-state index contributed by atoms with van der Waals surface area (Å²) in [5.41, 5.74) is 0. The third-order valence-electron chi connectivity index (χ3n) is 2.17. The molecule has 12 heavy (non-hydrogen) atoms. The number of aliphatic hydroxyl groups excluding tert-OH is 2. The number of aliphatic hydroxyl groups is 2. The maximum absolute atomic E-state index is 8.74. The van der Waals surface area contributed by atoms with Gasteiger partial charge in [0.2, 0.25) is 0 Å². The first kappa shape index (κ1) is 11.9. The summed E-state index contributed by atoms with van der Waals surface area (Å²) in [4.78, 5) is 0. The van der Waals surface area contributed by atoms with Gasteiger partial charge in [0.15, 0.2) is 0 Å². The molecule has 0 aromatic heterocycles. The zero-order chi connectivity index (χ0) is 9.23. The molecule has 2 nitrogen and oxygen atoms in total. The Balaban J connectivity index is 2.90. The summed E-state index contributed by atoms with van der Waals surface area (Å²) in [6.45, 7) is 2.72. The molecule has 0 amide bonds. The second-order valence-electron chi connectivity index (χ2n) is 3.57. The topological polar surface area (TPSA) is 40.5 Å². The van der Waals surface area contributed by atoms with Crippen LogP contribution in [-0.2, 0) is 0 Å². The van der Waals surface area contributed by atoms with E-state index in [1.54, 1.807) is 0 Å². The second kappa shape index (κ2) is 9.01. The molecule has 0 aromatic carbocycles. The minimum atomic E-state index is 0.316. The average molecular weight is 174 g/mol. The van der Waals surface area contributed by atoms with Crippen LogP contribution in [0.15, 0.2) is 0 Å². The summed E-state index contributed by atoms with van der Waals surface area (Å²) < 4.78 is 0. The fourth-order valence-electron chi connectivity index (χ4n) is 1.23. The molecule has 1 unspecified atom stereocenters. The Labute approximate surface area is 75.6 Å². The molecular weight excluding hydrogens is 152 g/mol. The zero-order valence-corrected chi connectivity index (χ0v) is 8.13. The molecular formula is C10H22O2. The van der Waals surface area contributed by atoms with Crippen LogP contribution in [-0.4, -0.2) is 23.4 Å². The Morgan fingerprint density at radius 1 is 0.917 bits per heavy atom. The number of hydrogen-bond acceptors (Lipinski definition) is 2. The smallest absolute Gasteiger partial charge is 0.0456 e. The maximum atomic E-state index is 8.74. The van der Waals surface area contributed by atoms with Gasteiger partial charge in [-0.2, -0.15) is 0 Å². The van der Waals surface area contributed by atoms with Gasteiger partial charge in [-0.3, -0.25) is 0 Å². The molecule has 2 N–H and O–H groups in total. The highest BCUT2D eigenvalue weighted by Crippen LogP contribution is 2.10. The lowest BCUT2D eigenvalue weighted by Gasteiger charge is -2.06. The largest absolute Gasteiger partial charge is 0.396 e. The van der Waals surface area contributed by atoms with E-state index in [1.165, 1.54) is 19.3 Å². The summed E-state index contributed by atoms with van der Waals surface area (Å²) in [6, 6.07) is 0. The normalized spacial score (nSPS) is 13.2. The van der Waals surface area contributed by atoms with Crippen LogP contribution in [0, 0.1) is 5.92 Å². The van der Waals surface area contributed by atoms with E-state index in [1.807, 2.05) is 0 Å². The van der Waals surface area contributed by atoms with Crippen molar-refractivity contribution in [1.82, 2.24) is 0 Å². The van der Waals surface area contributed by atoms with Gasteiger partial charge in [-0.1, -0.05) is 32.6 Å². The van der Waals surface area contributed by atoms with Crippen LogP contribution in [0.25, 0.3) is 0 Å². The monoisotopic (exact) mass is 174 g/mol. The highest BCUT2D eigenvalue weighted by atomic mass is 16.3. The lowest BCUT2D eigenvalue weighted by Crippen LogP contribution is -1.99. The van der Waals surface area contributed by atoms with Crippen LogP contribution in [0.5, 0.6) is 0 Å². The van der Waals surface area contributed by atoms with Gasteiger partial charge in [0.1, 0.15) is 0 Å².